The van der Waals surface area contributed by atoms with Crippen molar-refractivity contribution in [1.29, 1.82) is 0 Å². The molecule has 0 saturated carbocycles. The zero-order valence-corrected chi connectivity index (χ0v) is 21.9. The Kier molecular flexibility index (Phi) is 15.2. The Hall–Kier alpha value is -2.50. The van der Waals surface area contributed by atoms with Gasteiger partial charge in [-0.1, -0.05) is 35.9 Å². The second kappa shape index (κ2) is 16.3. The van der Waals surface area contributed by atoms with E-state index in [0.29, 0.717) is 13.0 Å². The van der Waals surface area contributed by atoms with E-state index in [1.807, 2.05) is 24.3 Å². The third-order valence-corrected chi connectivity index (χ3v) is 5.23. The molecule has 0 aliphatic heterocycles. The monoisotopic (exact) mass is 584 g/mol. The van der Waals surface area contributed by atoms with Crippen LogP contribution in [0.1, 0.15) is 22.9 Å². The number of alkyl halides is 2. The van der Waals surface area contributed by atoms with E-state index in [2.05, 4.69) is 20.6 Å². The number of amides is 1. The van der Waals surface area contributed by atoms with Crippen LogP contribution in [-0.4, -0.2) is 33.4 Å². The standard InChI is InChI=1S/C22H23ClF2N6O2.3ClH/c23-17-12-29-21(30-19(20(24)25)16-7-3-4-10-27-16)22(33)31(17)13-18(32)28-11-15-6-2-1-5-14(15)8-9-26;;;/h1-7,10,12,19-20,27H,8-9,11,13,26H2,(H-,28,29,30,32);3*1H. The molecule has 8 nitrogen and oxygen atoms in total. The van der Waals surface area contributed by atoms with Crippen LogP contribution in [0.4, 0.5) is 14.6 Å². The lowest BCUT2D eigenvalue weighted by Crippen LogP contribution is -3.00. The minimum atomic E-state index is -2.83. The Labute approximate surface area is 230 Å². The minimum Gasteiger partial charge on any atom is -1.00 e. The number of halogens is 6. The SMILES string of the molecule is Cl.Cl.NCCc1ccccc1CNC(=O)Cn1c(Cl)cnc(NC([c+]2cccc[nH]2)C(F)F)c1=O.[Cl-]. The molecule has 2 heterocycles. The van der Waals surface area contributed by atoms with E-state index >= 15 is 0 Å². The fraction of sp³-hybridized carbons (Fsp3) is 0.273. The predicted molar refractivity (Wildman–Crippen MR) is 137 cm³/mol. The van der Waals surface area contributed by atoms with Crippen LogP contribution in [0.3, 0.4) is 0 Å². The van der Waals surface area contributed by atoms with Gasteiger partial charge in [-0.05, 0) is 24.1 Å². The van der Waals surface area contributed by atoms with E-state index < -0.39 is 30.5 Å². The molecule has 1 unspecified atom stereocenters. The van der Waals surface area contributed by atoms with Gasteiger partial charge >= 0.3 is 0 Å². The Morgan fingerprint density at radius 2 is 1.89 bits per heavy atom. The van der Waals surface area contributed by atoms with Crippen LogP contribution in [-0.2, 0) is 24.3 Å². The molecule has 0 aliphatic carbocycles. The number of pyridine rings is 1. The molecule has 0 aliphatic rings. The molecule has 0 fully saturated rings. The molecule has 1 aromatic carbocycles. The van der Waals surface area contributed by atoms with Crippen LogP contribution in [0.25, 0.3) is 0 Å². The molecule has 2 aromatic heterocycles. The van der Waals surface area contributed by atoms with Crippen molar-refractivity contribution >= 4 is 48.1 Å². The lowest BCUT2D eigenvalue weighted by atomic mass is 10.0. The van der Waals surface area contributed by atoms with Gasteiger partial charge in [-0.25, -0.2) is 13.8 Å². The fourth-order valence-corrected chi connectivity index (χ4v) is 3.45. The second-order valence-electron chi connectivity index (χ2n) is 7.18. The number of aromatic amines is 1. The van der Waals surface area contributed by atoms with Crippen molar-refractivity contribution < 1.29 is 26.0 Å². The van der Waals surface area contributed by atoms with E-state index in [1.54, 1.807) is 12.1 Å². The summed E-state index contributed by atoms with van der Waals surface area (Å²) in [6, 6.07) is 10.7. The van der Waals surface area contributed by atoms with Crippen LogP contribution < -0.4 is 34.3 Å². The third-order valence-electron chi connectivity index (χ3n) is 4.93. The number of hydrogen-bond donors (Lipinski definition) is 4. The smallest absolute Gasteiger partial charge is 0.294 e. The van der Waals surface area contributed by atoms with Gasteiger partial charge in [-0.3, -0.25) is 19.1 Å². The van der Waals surface area contributed by atoms with Gasteiger partial charge in [0, 0.05) is 12.6 Å². The molecule has 5 N–H and O–H groups in total. The number of hydrogen-bond acceptors (Lipinski definition) is 5. The number of nitrogens with two attached hydrogens (primary N) is 1. The van der Waals surface area contributed by atoms with Gasteiger partial charge < -0.3 is 28.8 Å². The van der Waals surface area contributed by atoms with Gasteiger partial charge in [0.25, 0.3) is 12.0 Å². The summed E-state index contributed by atoms with van der Waals surface area (Å²) in [6.07, 6.45) is 0.467. The number of rotatable bonds is 10. The van der Waals surface area contributed by atoms with E-state index in [1.165, 1.54) is 12.3 Å². The summed E-state index contributed by atoms with van der Waals surface area (Å²) < 4.78 is 28.2. The number of H-pyrrole nitrogens is 1. The summed E-state index contributed by atoms with van der Waals surface area (Å²) in [5.74, 6) is -0.816. The highest BCUT2D eigenvalue weighted by Crippen LogP contribution is 2.22. The maximum absolute atomic E-state index is 13.6. The third kappa shape index (κ3) is 8.86. The number of carbonyl (C=O) groups excluding carboxylic acids is 1. The number of anilines is 1. The Morgan fingerprint density at radius 3 is 2.50 bits per heavy atom. The van der Waals surface area contributed by atoms with Gasteiger partial charge in [-0.15, -0.1) is 24.8 Å². The van der Waals surface area contributed by atoms with Gasteiger partial charge in [0.05, 0.1) is 18.3 Å². The maximum Gasteiger partial charge on any atom is 0.294 e. The zero-order valence-electron chi connectivity index (χ0n) is 18.8. The number of carbonyl (C=O) groups is 1. The zero-order chi connectivity index (χ0) is 23.8. The van der Waals surface area contributed by atoms with Crippen LogP contribution in [0.2, 0.25) is 5.15 Å². The summed E-state index contributed by atoms with van der Waals surface area (Å²) in [5.41, 5.74) is 6.93. The van der Waals surface area contributed by atoms with E-state index in [4.69, 9.17) is 17.3 Å². The molecule has 198 valence electrons. The molecule has 3 aromatic rings. The quantitative estimate of drug-likeness (QED) is 0.260. The summed E-state index contributed by atoms with van der Waals surface area (Å²) in [6.45, 7) is 0.322. The van der Waals surface area contributed by atoms with Crippen LogP contribution in [0.5, 0.6) is 0 Å². The Morgan fingerprint density at radius 1 is 1.19 bits per heavy atom. The van der Waals surface area contributed by atoms with Crippen molar-refractivity contribution in [3.63, 3.8) is 0 Å². The largest absolute Gasteiger partial charge is 1.00 e. The first-order valence-corrected chi connectivity index (χ1v) is 10.6. The number of nitrogens with zero attached hydrogens (tertiary/aromatic N) is 2. The normalized spacial score (nSPS) is 10.9. The average Bonchev–Trinajstić information content (AvgIpc) is 2.81. The highest BCUT2D eigenvalue weighted by atomic mass is 35.5. The summed E-state index contributed by atoms with van der Waals surface area (Å²) in [5, 5.41) is 5.10. The lowest BCUT2D eigenvalue weighted by molar-refractivity contribution is -0.121. The number of aromatic nitrogens is 3. The molecule has 0 spiro atoms. The average molecular weight is 586 g/mol. The minimum absolute atomic E-state index is 0. The van der Waals surface area contributed by atoms with Gasteiger partial charge in [0.1, 0.15) is 23.6 Å². The molecular formula is C22H26Cl4F2N6O2. The lowest BCUT2D eigenvalue weighted by Gasteiger charge is -2.16. The molecule has 0 radical (unpaired) electrons. The highest BCUT2D eigenvalue weighted by Gasteiger charge is 2.28. The topological polar surface area (TPSA) is 118 Å². The molecule has 36 heavy (non-hydrogen) atoms. The molecule has 1 atom stereocenters. The van der Waals surface area contributed by atoms with E-state index in [0.717, 1.165) is 21.9 Å². The molecule has 3 rings (SSSR count). The van der Waals surface area contributed by atoms with Crippen molar-refractivity contribution in [3.05, 3.63) is 87.2 Å². The number of benzene rings is 1. The maximum atomic E-state index is 13.6. The first-order valence-electron chi connectivity index (χ1n) is 10.2. The molecular weight excluding hydrogens is 560 g/mol. The molecule has 0 bridgehead atoms. The van der Waals surface area contributed by atoms with Crippen LogP contribution in [0, 0.1) is 0 Å². The van der Waals surface area contributed by atoms with Crippen molar-refractivity contribution in [1.82, 2.24) is 19.9 Å². The van der Waals surface area contributed by atoms with Crippen molar-refractivity contribution in [3.8, 4) is 0 Å². The van der Waals surface area contributed by atoms with Crippen LogP contribution >= 0.6 is 36.4 Å². The first kappa shape index (κ1) is 33.5. The summed E-state index contributed by atoms with van der Waals surface area (Å²) in [4.78, 5) is 31.9. The summed E-state index contributed by atoms with van der Waals surface area (Å²) in [7, 11) is 0. The Bertz CT molecular complexity index is 1150. The summed E-state index contributed by atoms with van der Waals surface area (Å²) >= 11 is 6.07. The molecule has 14 heteroatoms. The fourth-order valence-electron chi connectivity index (χ4n) is 3.26. The van der Waals surface area contributed by atoms with Crippen molar-refractivity contribution in [2.45, 2.75) is 32.0 Å². The first-order chi connectivity index (χ1) is 15.9. The van der Waals surface area contributed by atoms with Crippen molar-refractivity contribution in [2.75, 3.05) is 11.9 Å². The van der Waals surface area contributed by atoms with Gasteiger partial charge in [-0.2, -0.15) is 0 Å². The predicted octanol–water partition coefficient (Wildman–Crippen LogP) is 0.589. The van der Waals surface area contributed by atoms with E-state index in [9.17, 15) is 18.4 Å². The second-order valence-corrected chi connectivity index (χ2v) is 7.57. The van der Waals surface area contributed by atoms with E-state index in [-0.39, 0.29) is 60.4 Å². The molecule has 1 amide bonds. The number of nitrogens with one attached hydrogen (secondary N) is 3. The van der Waals surface area contributed by atoms with Crippen molar-refractivity contribution in [2.24, 2.45) is 5.73 Å². The van der Waals surface area contributed by atoms with Gasteiger partial charge in [0.15, 0.2) is 11.9 Å². The van der Waals surface area contributed by atoms with Crippen LogP contribution in [0.15, 0.2) is 59.7 Å². The Balaban J connectivity index is 0.00000408. The molecule has 0 saturated heterocycles. The van der Waals surface area contributed by atoms with Gasteiger partial charge in [0.2, 0.25) is 5.91 Å². The highest BCUT2D eigenvalue weighted by molar-refractivity contribution is 6.29.